The number of nitrogens with zero attached hydrogens (tertiary/aromatic N) is 3. The summed E-state index contributed by atoms with van der Waals surface area (Å²) in [4.78, 5) is 20.1. The van der Waals surface area contributed by atoms with Crippen molar-refractivity contribution in [1.29, 1.82) is 0 Å². The lowest BCUT2D eigenvalue weighted by Crippen LogP contribution is -2.12. The Kier molecular flexibility index (Phi) is 6.51. The molecule has 0 spiro atoms. The molecule has 2 heterocycles. The Balaban J connectivity index is 1.53. The number of aromatic carboxylic acids is 1. The topological polar surface area (TPSA) is 89.3 Å². The third kappa shape index (κ3) is 4.50. The minimum atomic E-state index is -0.922. The number of carboxylic acids is 1. The maximum Gasteiger partial charge on any atom is 0.335 e. The van der Waals surface area contributed by atoms with Gasteiger partial charge in [-0.1, -0.05) is 24.6 Å². The van der Waals surface area contributed by atoms with E-state index in [4.69, 9.17) is 16.3 Å². The highest BCUT2D eigenvalue weighted by Crippen LogP contribution is 2.34. The quantitative estimate of drug-likeness (QED) is 0.361. The van der Waals surface area contributed by atoms with Crippen molar-refractivity contribution in [3.05, 3.63) is 70.6 Å². The highest BCUT2D eigenvalue weighted by Gasteiger charge is 2.14. The predicted octanol–water partition coefficient (Wildman–Crippen LogP) is 5.44. The Hall–Kier alpha value is -3.58. The Morgan fingerprint density at radius 3 is 2.73 bits per heavy atom. The van der Waals surface area contributed by atoms with Crippen LogP contribution in [0.3, 0.4) is 0 Å². The Morgan fingerprint density at radius 1 is 1.18 bits per heavy atom. The number of carbonyl (C=O) groups is 1. The van der Waals surface area contributed by atoms with E-state index < -0.39 is 5.97 Å². The minimum absolute atomic E-state index is 0.318. The molecular formula is C25H25ClN4O3. The number of carboxylic acid groups (broad SMARTS) is 1. The van der Waals surface area contributed by atoms with Crippen molar-refractivity contribution in [3.8, 4) is 17.0 Å². The summed E-state index contributed by atoms with van der Waals surface area (Å²) in [6.45, 7) is 5.31. The Morgan fingerprint density at radius 2 is 2.00 bits per heavy atom. The molecular weight excluding hydrogens is 440 g/mol. The number of ether oxygens (including phenoxy) is 1. The Labute approximate surface area is 197 Å². The number of anilines is 1. The third-order valence-corrected chi connectivity index (χ3v) is 6.02. The molecule has 2 N–H and O–H groups in total. The van der Waals surface area contributed by atoms with Gasteiger partial charge in [-0.05, 0) is 49.2 Å². The van der Waals surface area contributed by atoms with Gasteiger partial charge in [0.2, 0.25) is 0 Å². The van der Waals surface area contributed by atoms with Gasteiger partial charge in [-0.15, -0.1) is 0 Å². The maximum atomic E-state index is 11.4. The van der Waals surface area contributed by atoms with Crippen LogP contribution >= 0.6 is 11.6 Å². The van der Waals surface area contributed by atoms with Crippen LogP contribution in [0.2, 0.25) is 5.02 Å². The fourth-order valence-electron chi connectivity index (χ4n) is 4.07. The number of methoxy groups -OCH3 is 1. The summed E-state index contributed by atoms with van der Waals surface area (Å²) in [5.41, 5.74) is 4.72. The van der Waals surface area contributed by atoms with Gasteiger partial charge in [-0.3, -0.25) is 0 Å². The number of halogens is 1. The van der Waals surface area contributed by atoms with Crippen molar-refractivity contribution in [2.24, 2.45) is 0 Å². The molecule has 33 heavy (non-hydrogen) atoms. The van der Waals surface area contributed by atoms with Crippen LogP contribution in [-0.2, 0) is 13.0 Å². The van der Waals surface area contributed by atoms with Gasteiger partial charge in [0.15, 0.2) is 0 Å². The third-order valence-electron chi connectivity index (χ3n) is 5.72. The van der Waals surface area contributed by atoms with Crippen LogP contribution in [0.15, 0.2) is 48.8 Å². The zero-order valence-electron chi connectivity index (χ0n) is 18.7. The molecule has 8 heteroatoms. The highest BCUT2D eigenvalue weighted by molar-refractivity contribution is 6.35. The normalized spacial score (nSPS) is 11.0. The van der Waals surface area contributed by atoms with Crippen LogP contribution in [0.25, 0.3) is 22.2 Å². The zero-order chi connectivity index (χ0) is 23.5. The molecule has 0 amide bonds. The van der Waals surface area contributed by atoms with Crippen LogP contribution in [0.4, 0.5) is 5.82 Å². The van der Waals surface area contributed by atoms with Gasteiger partial charge >= 0.3 is 5.97 Å². The average Bonchev–Trinajstić information content (AvgIpc) is 3.16. The second-order valence-electron chi connectivity index (χ2n) is 7.70. The Bertz CT molecular complexity index is 1330. The second kappa shape index (κ2) is 9.50. The summed E-state index contributed by atoms with van der Waals surface area (Å²) >= 11 is 6.49. The van der Waals surface area contributed by atoms with Crippen molar-refractivity contribution < 1.29 is 14.6 Å². The van der Waals surface area contributed by atoms with Crippen molar-refractivity contribution in [2.45, 2.75) is 26.8 Å². The minimum Gasteiger partial charge on any atom is -0.496 e. The lowest BCUT2D eigenvalue weighted by atomic mass is 10.0. The van der Waals surface area contributed by atoms with Crippen LogP contribution in [0.1, 0.15) is 28.5 Å². The first-order valence-corrected chi connectivity index (χ1v) is 11.1. The molecule has 0 saturated carbocycles. The number of hydrogen-bond donors (Lipinski definition) is 2. The molecule has 170 valence electrons. The summed E-state index contributed by atoms with van der Waals surface area (Å²) in [6, 6.07) is 13.0. The molecule has 0 saturated heterocycles. The summed E-state index contributed by atoms with van der Waals surface area (Å²) in [5, 5.41) is 14.4. The van der Waals surface area contributed by atoms with Gasteiger partial charge in [0.25, 0.3) is 0 Å². The van der Waals surface area contributed by atoms with E-state index in [2.05, 4.69) is 25.9 Å². The van der Waals surface area contributed by atoms with Crippen LogP contribution in [0.5, 0.6) is 5.75 Å². The van der Waals surface area contributed by atoms with Gasteiger partial charge in [-0.25, -0.2) is 14.8 Å². The van der Waals surface area contributed by atoms with E-state index in [1.807, 2.05) is 38.1 Å². The molecule has 2 aromatic carbocycles. The molecule has 0 unspecified atom stereocenters. The van der Waals surface area contributed by atoms with Gasteiger partial charge in [0.05, 0.1) is 28.9 Å². The summed E-state index contributed by atoms with van der Waals surface area (Å²) in [5.74, 6) is 0.567. The molecule has 0 radical (unpaired) electrons. The molecule has 0 atom stereocenters. The van der Waals surface area contributed by atoms with Crippen molar-refractivity contribution >= 4 is 34.3 Å². The largest absolute Gasteiger partial charge is 0.496 e. The first kappa shape index (κ1) is 22.6. The van der Waals surface area contributed by atoms with Crippen LogP contribution in [-0.4, -0.2) is 39.3 Å². The standard InChI is InChI=1S/C25H25ClN4O3/c1-4-16-12-17(5-6-18(16)25(31)32)21-13-23(29-14-28-21)27-9-10-30-15(2)11-19-22(33-3)8-7-20(26)24(19)30/h5-8,11-14H,4,9-10H2,1-3H3,(H,31,32)(H,27,28,29). The molecule has 0 aliphatic carbocycles. The van der Waals surface area contributed by atoms with E-state index in [0.29, 0.717) is 35.9 Å². The maximum absolute atomic E-state index is 11.4. The lowest BCUT2D eigenvalue weighted by molar-refractivity contribution is 0.0695. The molecule has 0 aliphatic rings. The number of rotatable bonds is 8. The van der Waals surface area contributed by atoms with E-state index in [-0.39, 0.29) is 0 Å². The first-order chi connectivity index (χ1) is 15.9. The molecule has 4 aromatic rings. The molecule has 2 aromatic heterocycles. The van der Waals surface area contributed by atoms with Crippen LogP contribution in [0, 0.1) is 6.92 Å². The lowest BCUT2D eigenvalue weighted by Gasteiger charge is -2.12. The number of aromatic nitrogens is 3. The van der Waals surface area contributed by atoms with Gasteiger partial charge in [0, 0.05) is 35.8 Å². The van der Waals surface area contributed by atoms with E-state index in [1.54, 1.807) is 19.2 Å². The van der Waals surface area contributed by atoms with Gasteiger partial charge < -0.3 is 19.7 Å². The number of hydrogen-bond acceptors (Lipinski definition) is 5. The van der Waals surface area contributed by atoms with E-state index in [0.717, 1.165) is 39.2 Å². The molecule has 0 bridgehead atoms. The number of aryl methyl sites for hydroxylation is 2. The highest BCUT2D eigenvalue weighted by atomic mass is 35.5. The molecule has 0 aliphatic heterocycles. The fourth-order valence-corrected chi connectivity index (χ4v) is 4.33. The SMILES string of the molecule is CCc1cc(-c2cc(NCCn3c(C)cc4c(OC)ccc(Cl)c43)ncn2)ccc1C(=O)O. The number of fused-ring (bicyclic) bond motifs is 1. The van der Waals surface area contributed by atoms with E-state index >= 15 is 0 Å². The number of nitrogens with one attached hydrogen (secondary N) is 1. The van der Waals surface area contributed by atoms with Gasteiger partial charge in [0.1, 0.15) is 17.9 Å². The zero-order valence-corrected chi connectivity index (χ0v) is 19.5. The van der Waals surface area contributed by atoms with Crippen LogP contribution < -0.4 is 10.1 Å². The predicted molar refractivity (Wildman–Crippen MR) is 131 cm³/mol. The van der Waals surface area contributed by atoms with E-state index in [9.17, 15) is 9.90 Å². The molecule has 7 nitrogen and oxygen atoms in total. The average molecular weight is 465 g/mol. The first-order valence-electron chi connectivity index (χ1n) is 10.7. The molecule has 4 rings (SSSR count). The van der Waals surface area contributed by atoms with Crippen molar-refractivity contribution in [2.75, 3.05) is 19.0 Å². The van der Waals surface area contributed by atoms with Crippen molar-refractivity contribution in [1.82, 2.24) is 14.5 Å². The summed E-state index contributed by atoms with van der Waals surface area (Å²) < 4.78 is 7.64. The molecule has 0 fully saturated rings. The van der Waals surface area contributed by atoms with Crippen molar-refractivity contribution in [3.63, 3.8) is 0 Å². The fraction of sp³-hybridized carbons (Fsp3) is 0.240. The summed E-state index contributed by atoms with van der Waals surface area (Å²) in [7, 11) is 1.66. The second-order valence-corrected chi connectivity index (χ2v) is 8.10. The number of benzene rings is 2. The van der Waals surface area contributed by atoms with Gasteiger partial charge in [-0.2, -0.15) is 0 Å². The van der Waals surface area contributed by atoms with E-state index in [1.165, 1.54) is 6.33 Å². The smallest absolute Gasteiger partial charge is 0.335 e. The summed E-state index contributed by atoms with van der Waals surface area (Å²) in [6.07, 6.45) is 2.13. The monoisotopic (exact) mass is 464 g/mol.